The van der Waals surface area contributed by atoms with Crippen molar-refractivity contribution in [2.45, 2.75) is 71.0 Å². The summed E-state index contributed by atoms with van der Waals surface area (Å²) in [5.74, 6) is 1.19. The molecule has 1 aromatic rings. The molecule has 0 saturated heterocycles. The minimum absolute atomic E-state index is 0.134. The van der Waals surface area contributed by atoms with Gasteiger partial charge in [-0.15, -0.1) is 0 Å². The number of fused-ring (bicyclic) bond motifs is 3. The number of benzene rings is 1. The summed E-state index contributed by atoms with van der Waals surface area (Å²) in [6.45, 7) is 8.02. The molecule has 1 saturated carbocycles. The second kappa shape index (κ2) is 5.65. The Kier molecular flexibility index (Phi) is 4.28. The van der Waals surface area contributed by atoms with E-state index in [1.165, 1.54) is 6.42 Å². The Labute approximate surface area is 121 Å². The molecule has 1 aliphatic carbocycles. The van der Waals surface area contributed by atoms with Gasteiger partial charge >= 0.3 is 0 Å². The number of hydrogen-bond donors (Lipinski definition) is 2. The Morgan fingerprint density at radius 2 is 2.00 bits per heavy atom. The van der Waals surface area contributed by atoms with Gasteiger partial charge in [0.15, 0.2) is 0 Å². The summed E-state index contributed by atoms with van der Waals surface area (Å²) in [5.41, 5.74) is 1.09. The summed E-state index contributed by atoms with van der Waals surface area (Å²) >= 11 is 0. The first-order valence-electron chi connectivity index (χ1n) is 7.63. The molecular weight excluding hydrogens is 252 g/mol. The Morgan fingerprint density at radius 1 is 1.35 bits per heavy atom. The Balaban J connectivity index is 0.000000452. The van der Waals surface area contributed by atoms with Gasteiger partial charge in [0.25, 0.3) is 0 Å². The highest BCUT2D eigenvalue weighted by Gasteiger charge is 2.49. The van der Waals surface area contributed by atoms with Gasteiger partial charge in [-0.1, -0.05) is 20.3 Å². The number of aliphatic hydroxyl groups is 1. The van der Waals surface area contributed by atoms with E-state index in [2.05, 4.69) is 13.8 Å². The normalized spacial score (nSPS) is 30.6. The van der Waals surface area contributed by atoms with Crippen LogP contribution in [0.5, 0.6) is 11.5 Å². The van der Waals surface area contributed by atoms with Crippen LogP contribution >= 0.6 is 0 Å². The van der Waals surface area contributed by atoms with Crippen LogP contribution in [0.3, 0.4) is 0 Å². The van der Waals surface area contributed by atoms with E-state index in [0.717, 1.165) is 36.1 Å². The number of hydrogen-bond acceptors (Lipinski definition) is 3. The molecule has 0 bridgehead atoms. The van der Waals surface area contributed by atoms with Crippen LogP contribution in [0.25, 0.3) is 0 Å². The van der Waals surface area contributed by atoms with Gasteiger partial charge in [-0.3, -0.25) is 0 Å². The van der Waals surface area contributed by atoms with Gasteiger partial charge < -0.3 is 14.9 Å². The first-order chi connectivity index (χ1) is 9.40. The highest BCUT2D eigenvalue weighted by atomic mass is 16.5. The van der Waals surface area contributed by atoms with Crippen LogP contribution in [-0.4, -0.2) is 21.9 Å². The van der Waals surface area contributed by atoms with Gasteiger partial charge in [0.1, 0.15) is 17.6 Å². The van der Waals surface area contributed by atoms with Crippen molar-refractivity contribution >= 4 is 0 Å². The van der Waals surface area contributed by atoms with E-state index in [1.54, 1.807) is 6.07 Å². The van der Waals surface area contributed by atoms with E-state index in [9.17, 15) is 10.2 Å². The van der Waals surface area contributed by atoms with Gasteiger partial charge in [0, 0.05) is 11.5 Å². The standard InChI is InChI=1S/C14H18O3.C3H8/c1-8-6-10(15)12-9-4-3-5-14(2,16)13(9)17-11(12)7-8;1-3-2/h6-7,9,13,15-16H,3-5H2,1-2H3;3H2,1-2H3. The molecule has 3 rings (SSSR count). The Bertz CT molecular complexity index is 479. The number of rotatable bonds is 0. The minimum atomic E-state index is -0.789. The van der Waals surface area contributed by atoms with Gasteiger partial charge in [0.2, 0.25) is 0 Å². The summed E-state index contributed by atoms with van der Waals surface area (Å²) in [4.78, 5) is 0. The smallest absolute Gasteiger partial charge is 0.134 e. The minimum Gasteiger partial charge on any atom is -0.508 e. The second-order valence-electron chi connectivity index (χ2n) is 6.30. The largest absolute Gasteiger partial charge is 0.508 e. The number of aromatic hydroxyl groups is 1. The lowest BCUT2D eigenvalue weighted by Crippen LogP contribution is -2.47. The number of aryl methyl sites for hydroxylation is 1. The zero-order valence-electron chi connectivity index (χ0n) is 12.9. The number of ether oxygens (including phenoxy) is 1. The third-order valence-electron chi connectivity index (χ3n) is 4.07. The van der Waals surface area contributed by atoms with Crippen molar-refractivity contribution in [2.75, 3.05) is 0 Å². The van der Waals surface area contributed by atoms with E-state index in [1.807, 2.05) is 19.9 Å². The maximum atomic E-state index is 10.4. The van der Waals surface area contributed by atoms with Crippen LogP contribution in [0.2, 0.25) is 0 Å². The van der Waals surface area contributed by atoms with Crippen molar-refractivity contribution in [3.63, 3.8) is 0 Å². The van der Waals surface area contributed by atoms with Crippen molar-refractivity contribution in [1.29, 1.82) is 0 Å². The third-order valence-corrected chi connectivity index (χ3v) is 4.07. The lowest BCUT2D eigenvalue weighted by Gasteiger charge is -2.37. The van der Waals surface area contributed by atoms with Crippen molar-refractivity contribution < 1.29 is 14.9 Å². The molecule has 3 heteroatoms. The zero-order chi connectivity index (χ0) is 14.9. The number of phenolic OH excluding ortho intramolecular Hbond substituents is 1. The van der Waals surface area contributed by atoms with Crippen LogP contribution in [0.4, 0.5) is 0 Å². The molecule has 20 heavy (non-hydrogen) atoms. The highest BCUT2D eigenvalue weighted by molar-refractivity contribution is 5.53. The fraction of sp³-hybridized carbons (Fsp3) is 0.647. The van der Waals surface area contributed by atoms with E-state index in [4.69, 9.17) is 4.74 Å². The molecule has 112 valence electrons. The molecule has 1 aromatic carbocycles. The first-order valence-corrected chi connectivity index (χ1v) is 7.63. The topological polar surface area (TPSA) is 49.7 Å². The van der Waals surface area contributed by atoms with E-state index in [-0.39, 0.29) is 12.0 Å². The maximum absolute atomic E-state index is 10.4. The molecule has 0 aromatic heterocycles. The molecule has 2 aliphatic rings. The maximum Gasteiger partial charge on any atom is 0.134 e. The van der Waals surface area contributed by atoms with Crippen molar-refractivity contribution in [1.82, 2.24) is 0 Å². The lowest BCUT2D eigenvalue weighted by atomic mass is 9.74. The fourth-order valence-electron chi connectivity index (χ4n) is 3.26. The monoisotopic (exact) mass is 278 g/mol. The quantitative estimate of drug-likeness (QED) is 0.756. The third kappa shape index (κ3) is 2.64. The SMILES string of the molecule is CCC.Cc1cc(O)c2c(c1)OC1C2CCCC1(C)O. The van der Waals surface area contributed by atoms with Crippen molar-refractivity contribution in [3.8, 4) is 11.5 Å². The first kappa shape index (κ1) is 15.2. The van der Waals surface area contributed by atoms with Crippen LogP contribution in [0.1, 0.15) is 63.5 Å². The predicted molar refractivity (Wildman–Crippen MR) is 80.4 cm³/mol. The molecule has 0 radical (unpaired) electrons. The van der Waals surface area contributed by atoms with E-state index < -0.39 is 5.60 Å². The average Bonchev–Trinajstić information content (AvgIpc) is 2.69. The highest BCUT2D eigenvalue weighted by Crippen LogP contribution is 2.52. The summed E-state index contributed by atoms with van der Waals surface area (Å²) in [6.07, 6.45) is 3.76. The van der Waals surface area contributed by atoms with Crippen LogP contribution in [-0.2, 0) is 0 Å². The van der Waals surface area contributed by atoms with Crippen LogP contribution in [0.15, 0.2) is 12.1 Å². The molecule has 2 N–H and O–H groups in total. The molecule has 1 heterocycles. The molecule has 3 unspecified atom stereocenters. The van der Waals surface area contributed by atoms with E-state index in [0.29, 0.717) is 5.75 Å². The molecular formula is C17H26O3. The lowest BCUT2D eigenvalue weighted by molar-refractivity contribution is -0.0725. The molecule has 3 atom stereocenters. The van der Waals surface area contributed by atoms with Crippen LogP contribution < -0.4 is 4.74 Å². The Morgan fingerprint density at radius 3 is 2.65 bits per heavy atom. The average molecular weight is 278 g/mol. The number of phenols is 1. The Hall–Kier alpha value is -1.22. The molecule has 1 aliphatic heterocycles. The molecule has 0 spiro atoms. The zero-order valence-corrected chi connectivity index (χ0v) is 12.9. The van der Waals surface area contributed by atoms with Crippen molar-refractivity contribution in [2.24, 2.45) is 0 Å². The fourth-order valence-corrected chi connectivity index (χ4v) is 3.26. The van der Waals surface area contributed by atoms with E-state index >= 15 is 0 Å². The summed E-state index contributed by atoms with van der Waals surface area (Å²) in [7, 11) is 0. The van der Waals surface area contributed by atoms with Gasteiger partial charge in [-0.05, 0) is 50.8 Å². The molecule has 0 amide bonds. The summed E-state index contributed by atoms with van der Waals surface area (Å²) < 4.78 is 5.88. The molecule has 1 fully saturated rings. The van der Waals surface area contributed by atoms with Gasteiger partial charge in [-0.25, -0.2) is 0 Å². The van der Waals surface area contributed by atoms with Crippen molar-refractivity contribution in [3.05, 3.63) is 23.3 Å². The molecule has 3 nitrogen and oxygen atoms in total. The summed E-state index contributed by atoms with van der Waals surface area (Å²) in [6, 6.07) is 3.72. The van der Waals surface area contributed by atoms with Gasteiger partial charge in [0.05, 0.1) is 5.60 Å². The summed E-state index contributed by atoms with van der Waals surface area (Å²) in [5, 5.41) is 20.4. The predicted octanol–water partition coefficient (Wildman–Crippen LogP) is 3.90. The van der Waals surface area contributed by atoms with Crippen LogP contribution in [0, 0.1) is 6.92 Å². The van der Waals surface area contributed by atoms with Gasteiger partial charge in [-0.2, -0.15) is 0 Å². The second-order valence-corrected chi connectivity index (χ2v) is 6.30.